The number of amides is 3. The molecule has 1 rings (SSSR count). The van der Waals surface area contributed by atoms with Gasteiger partial charge in [0.05, 0.1) is 0 Å². The second kappa shape index (κ2) is 13.8. The average molecular weight is 478 g/mol. The van der Waals surface area contributed by atoms with Gasteiger partial charge in [-0.1, -0.05) is 52.3 Å². The zero-order chi connectivity index (χ0) is 25.9. The van der Waals surface area contributed by atoms with E-state index in [1.165, 1.54) is 11.0 Å². The lowest BCUT2D eigenvalue weighted by Gasteiger charge is -2.35. The first-order valence-electron chi connectivity index (χ1n) is 12.3. The van der Waals surface area contributed by atoms with Crippen molar-refractivity contribution in [3.63, 3.8) is 0 Å². The summed E-state index contributed by atoms with van der Waals surface area (Å²) in [7, 11) is 0. The Morgan fingerprint density at radius 3 is 2.26 bits per heavy atom. The normalized spacial score (nSPS) is 13.2. The summed E-state index contributed by atoms with van der Waals surface area (Å²) in [6, 6.07) is 4.64. The Kier molecular flexibility index (Phi) is 11.9. The first kappa shape index (κ1) is 29.3. The summed E-state index contributed by atoms with van der Waals surface area (Å²) in [5, 5.41) is 16.2. The molecule has 192 valence electrons. The van der Waals surface area contributed by atoms with Crippen molar-refractivity contribution in [3.8, 4) is 5.75 Å². The van der Waals surface area contributed by atoms with E-state index < -0.39 is 23.8 Å². The number of phenolic OH excluding ortho intramolecular Hbond substituents is 1. The molecule has 0 aliphatic carbocycles. The maximum Gasteiger partial charge on any atom is 0.408 e. The summed E-state index contributed by atoms with van der Waals surface area (Å²) in [5.74, 6) is -0.709. The molecule has 3 N–H and O–H groups in total. The van der Waals surface area contributed by atoms with Gasteiger partial charge in [-0.15, -0.1) is 0 Å². The van der Waals surface area contributed by atoms with Gasteiger partial charge >= 0.3 is 6.09 Å². The van der Waals surface area contributed by atoms with E-state index in [2.05, 4.69) is 10.6 Å². The molecule has 34 heavy (non-hydrogen) atoms. The van der Waals surface area contributed by atoms with Crippen molar-refractivity contribution in [1.82, 2.24) is 15.5 Å². The number of benzene rings is 1. The number of rotatable bonds is 12. The standard InChI is InChI=1S/C26H43N3O5/c1-8-10-15-27-23(31)22(19-13-11-12-14-21(19)30)29(16-9-2)24(32)20(17-18(3)4)28-25(33)34-26(5,6)7/h11-14,18,20,22,30H,8-10,15-17H2,1-7H3,(H,27,31)(H,28,33). The van der Waals surface area contributed by atoms with E-state index in [4.69, 9.17) is 4.74 Å². The van der Waals surface area contributed by atoms with E-state index in [0.29, 0.717) is 24.9 Å². The number of alkyl carbamates (subject to hydrolysis) is 1. The lowest BCUT2D eigenvalue weighted by atomic mass is 9.98. The number of phenols is 1. The van der Waals surface area contributed by atoms with Crippen LogP contribution in [0, 0.1) is 5.92 Å². The lowest BCUT2D eigenvalue weighted by Crippen LogP contribution is -2.53. The number of para-hydroxylation sites is 1. The predicted octanol–water partition coefficient (Wildman–Crippen LogP) is 4.53. The van der Waals surface area contributed by atoms with Gasteiger partial charge in [-0.05, 0) is 52.0 Å². The number of carbonyl (C=O) groups excluding carboxylic acids is 3. The van der Waals surface area contributed by atoms with Gasteiger partial charge < -0.3 is 25.4 Å². The SMILES string of the molecule is CCCCNC(=O)C(c1ccccc1O)N(CCC)C(=O)C(CC(C)C)NC(=O)OC(C)(C)C. The van der Waals surface area contributed by atoms with Gasteiger partial charge in [-0.25, -0.2) is 4.79 Å². The van der Waals surface area contributed by atoms with Crippen molar-refractivity contribution in [2.45, 2.75) is 91.8 Å². The smallest absolute Gasteiger partial charge is 0.408 e. The van der Waals surface area contributed by atoms with Crippen molar-refractivity contribution in [2.75, 3.05) is 13.1 Å². The highest BCUT2D eigenvalue weighted by atomic mass is 16.6. The van der Waals surface area contributed by atoms with Crippen molar-refractivity contribution in [2.24, 2.45) is 5.92 Å². The third-order valence-corrected chi connectivity index (χ3v) is 5.06. The van der Waals surface area contributed by atoms with Crippen LogP contribution in [0.1, 0.15) is 85.8 Å². The molecule has 1 aromatic carbocycles. The minimum atomic E-state index is -1.03. The van der Waals surface area contributed by atoms with E-state index in [-0.39, 0.29) is 30.0 Å². The van der Waals surface area contributed by atoms with Crippen LogP contribution in [0.3, 0.4) is 0 Å². The molecular weight excluding hydrogens is 434 g/mol. The molecule has 3 amide bonds. The van der Waals surface area contributed by atoms with Crippen LogP contribution in [0.2, 0.25) is 0 Å². The van der Waals surface area contributed by atoms with Gasteiger partial charge in [0, 0.05) is 18.7 Å². The second-order valence-electron chi connectivity index (χ2n) is 9.97. The number of aromatic hydroxyl groups is 1. The van der Waals surface area contributed by atoms with Crippen LogP contribution in [0.4, 0.5) is 4.79 Å². The van der Waals surface area contributed by atoms with Crippen LogP contribution >= 0.6 is 0 Å². The number of unbranched alkanes of at least 4 members (excludes halogenated alkanes) is 1. The van der Waals surface area contributed by atoms with Crippen molar-refractivity contribution < 1.29 is 24.2 Å². The number of hydrogen-bond donors (Lipinski definition) is 3. The van der Waals surface area contributed by atoms with E-state index in [0.717, 1.165) is 12.8 Å². The number of nitrogens with one attached hydrogen (secondary N) is 2. The van der Waals surface area contributed by atoms with Gasteiger partial charge in [0.15, 0.2) is 0 Å². The van der Waals surface area contributed by atoms with Crippen molar-refractivity contribution in [1.29, 1.82) is 0 Å². The summed E-state index contributed by atoms with van der Waals surface area (Å²) >= 11 is 0. The summed E-state index contributed by atoms with van der Waals surface area (Å²) in [6.07, 6.45) is 2.00. The zero-order valence-electron chi connectivity index (χ0n) is 21.8. The van der Waals surface area contributed by atoms with Crippen molar-refractivity contribution >= 4 is 17.9 Å². The molecule has 0 bridgehead atoms. The molecule has 0 saturated carbocycles. The van der Waals surface area contributed by atoms with Crippen LogP contribution in [0.5, 0.6) is 5.75 Å². The minimum Gasteiger partial charge on any atom is -0.508 e. The van der Waals surface area contributed by atoms with E-state index in [1.54, 1.807) is 39.0 Å². The molecule has 0 radical (unpaired) electrons. The van der Waals surface area contributed by atoms with Gasteiger partial charge in [0.2, 0.25) is 11.8 Å². The fourth-order valence-corrected chi connectivity index (χ4v) is 3.60. The van der Waals surface area contributed by atoms with Gasteiger partial charge in [-0.3, -0.25) is 9.59 Å². The first-order chi connectivity index (χ1) is 15.9. The van der Waals surface area contributed by atoms with Gasteiger partial charge in [-0.2, -0.15) is 0 Å². The van der Waals surface area contributed by atoms with Crippen LogP contribution in [0.15, 0.2) is 24.3 Å². The molecule has 1 aromatic rings. The zero-order valence-corrected chi connectivity index (χ0v) is 21.8. The quantitative estimate of drug-likeness (QED) is 0.383. The van der Waals surface area contributed by atoms with E-state index in [1.807, 2.05) is 27.7 Å². The Balaban J connectivity index is 3.38. The summed E-state index contributed by atoms with van der Waals surface area (Å²) in [6.45, 7) is 13.9. The number of hydrogen-bond acceptors (Lipinski definition) is 5. The Morgan fingerprint density at radius 1 is 1.09 bits per heavy atom. The van der Waals surface area contributed by atoms with E-state index >= 15 is 0 Å². The van der Waals surface area contributed by atoms with Crippen LogP contribution < -0.4 is 10.6 Å². The maximum atomic E-state index is 13.8. The molecule has 0 fully saturated rings. The third-order valence-electron chi connectivity index (χ3n) is 5.06. The molecule has 0 aromatic heterocycles. The molecule has 2 atom stereocenters. The summed E-state index contributed by atoms with van der Waals surface area (Å²) < 4.78 is 5.38. The first-order valence-corrected chi connectivity index (χ1v) is 12.3. The molecular formula is C26H43N3O5. The molecule has 8 heteroatoms. The van der Waals surface area contributed by atoms with Crippen LogP contribution in [0.25, 0.3) is 0 Å². The number of nitrogens with zero attached hydrogens (tertiary/aromatic N) is 1. The Labute approximate surface area is 204 Å². The molecule has 0 spiro atoms. The predicted molar refractivity (Wildman–Crippen MR) is 133 cm³/mol. The highest BCUT2D eigenvalue weighted by Crippen LogP contribution is 2.30. The van der Waals surface area contributed by atoms with Gasteiger partial charge in [0.25, 0.3) is 0 Å². The fourth-order valence-electron chi connectivity index (χ4n) is 3.60. The molecule has 0 heterocycles. The summed E-state index contributed by atoms with van der Waals surface area (Å²) in [4.78, 5) is 41.1. The Morgan fingerprint density at radius 2 is 1.74 bits per heavy atom. The summed E-state index contributed by atoms with van der Waals surface area (Å²) in [5.41, 5.74) is -0.366. The van der Waals surface area contributed by atoms with Crippen LogP contribution in [-0.2, 0) is 14.3 Å². The minimum absolute atomic E-state index is 0.0624. The van der Waals surface area contributed by atoms with Crippen molar-refractivity contribution in [3.05, 3.63) is 29.8 Å². The molecule has 0 aliphatic rings. The highest BCUT2D eigenvalue weighted by molar-refractivity contribution is 5.92. The average Bonchev–Trinajstić information content (AvgIpc) is 2.72. The maximum absolute atomic E-state index is 13.8. The Hall–Kier alpha value is -2.77. The molecule has 0 aliphatic heterocycles. The largest absolute Gasteiger partial charge is 0.508 e. The second-order valence-corrected chi connectivity index (χ2v) is 9.97. The topological polar surface area (TPSA) is 108 Å². The van der Waals surface area contributed by atoms with E-state index in [9.17, 15) is 19.5 Å². The molecule has 0 saturated heterocycles. The fraction of sp³-hybridized carbons (Fsp3) is 0.654. The monoisotopic (exact) mass is 477 g/mol. The van der Waals surface area contributed by atoms with Gasteiger partial charge in [0.1, 0.15) is 23.4 Å². The third kappa shape index (κ3) is 9.61. The molecule has 8 nitrogen and oxygen atoms in total. The number of carbonyl (C=O) groups is 3. The highest BCUT2D eigenvalue weighted by Gasteiger charge is 2.37. The number of ether oxygens (including phenoxy) is 1. The van der Waals surface area contributed by atoms with Crippen LogP contribution in [-0.4, -0.2) is 52.6 Å². The lowest BCUT2D eigenvalue weighted by molar-refractivity contribution is -0.142. The Bertz CT molecular complexity index is 804. The molecule has 2 unspecified atom stereocenters.